The Bertz CT molecular complexity index is 1870. The summed E-state index contributed by atoms with van der Waals surface area (Å²) < 4.78 is 16.1. The molecular formula is C28H23FN8OS. The number of nitrogens with zero attached hydrogens (tertiary/aromatic N) is 5. The van der Waals surface area contributed by atoms with Gasteiger partial charge in [-0.2, -0.15) is 5.10 Å². The molecule has 0 aliphatic heterocycles. The van der Waals surface area contributed by atoms with Gasteiger partial charge in [0.15, 0.2) is 11.6 Å². The molecule has 0 aromatic carbocycles. The van der Waals surface area contributed by atoms with Gasteiger partial charge in [-0.15, -0.1) is 11.3 Å². The first kappa shape index (κ1) is 23.6. The van der Waals surface area contributed by atoms with Gasteiger partial charge in [0.05, 0.1) is 40.7 Å². The van der Waals surface area contributed by atoms with Crippen LogP contribution in [-0.2, 0) is 4.79 Å². The number of aromatic nitrogens is 7. The molecule has 1 fully saturated rings. The Morgan fingerprint density at radius 2 is 1.90 bits per heavy atom. The van der Waals surface area contributed by atoms with E-state index in [9.17, 15) is 4.79 Å². The van der Waals surface area contributed by atoms with Crippen molar-refractivity contribution >= 4 is 44.9 Å². The van der Waals surface area contributed by atoms with Gasteiger partial charge >= 0.3 is 0 Å². The SMILES string of the molecule is Cc1ccc(-c2cncc3[nH]c(-c4n[nH]c5cnc(-c6cncc(NC(=O)C7CCCC7)c6)c(F)c45)nc23)s1. The fraction of sp³-hybridized carbons (Fsp3) is 0.214. The number of carbonyl (C=O) groups is 1. The molecular weight excluding hydrogens is 515 g/mol. The molecule has 6 heterocycles. The van der Waals surface area contributed by atoms with Crippen LogP contribution in [0.25, 0.3) is 55.2 Å². The Morgan fingerprint density at radius 3 is 2.72 bits per heavy atom. The largest absolute Gasteiger partial charge is 0.335 e. The van der Waals surface area contributed by atoms with E-state index in [4.69, 9.17) is 4.98 Å². The highest BCUT2D eigenvalue weighted by atomic mass is 32.1. The molecule has 0 spiro atoms. The number of H-pyrrole nitrogens is 2. The van der Waals surface area contributed by atoms with Gasteiger partial charge in [0.2, 0.25) is 5.91 Å². The monoisotopic (exact) mass is 538 g/mol. The lowest BCUT2D eigenvalue weighted by Crippen LogP contribution is -2.20. The molecule has 3 N–H and O–H groups in total. The van der Waals surface area contributed by atoms with Crippen LogP contribution in [0.2, 0.25) is 0 Å². The van der Waals surface area contributed by atoms with Crippen LogP contribution in [0.3, 0.4) is 0 Å². The van der Waals surface area contributed by atoms with E-state index in [1.54, 1.807) is 36.0 Å². The maximum atomic E-state index is 16.1. The summed E-state index contributed by atoms with van der Waals surface area (Å²) >= 11 is 1.66. The molecule has 1 amide bonds. The third kappa shape index (κ3) is 4.15. The Hall–Kier alpha value is -4.51. The highest BCUT2D eigenvalue weighted by Gasteiger charge is 2.24. The number of aromatic amines is 2. The van der Waals surface area contributed by atoms with Crippen LogP contribution in [-0.4, -0.2) is 41.0 Å². The molecule has 194 valence electrons. The van der Waals surface area contributed by atoms with Gasteiger partial charge in [0, 0.05) is 39.2 Å². The first-order valence-corrected chi connectivity index (χ1v) is 13.6. The summed E-state index contributed by atoms with van der Waals surface area (Å²) in [6, 6.07) is 5.80. The van der Waals surface area contributed by atoms with Crippen LogP contribution in [0.4, 0.5) is 10.1 Å². The van der Waals surface area contributed by atoms with Crippen molar-refractivity contribution in [2.45, 2.75) is 32.6 Å². The number of thiophene rings is 1. The van der Waals surface area contributed by atoms with E-state index in [1.165, 1.54) is 17.3 Å². The highest BCUT2D eigenvalue weighted by molar-refractivity contribution is 7.15. The van der Waals surface area contributed by atoms with Crippen molar-refractivity contribution in [3.8, 4) is 33.2 Å². The van der Waals surface area contributed by atoms with Crippen molar-refractivity contribution in [3.05, 3.63) is 59.9 Å². The number of aryl methyl sites for hydroxylation is 1. The molecule has 6 aromatic rings. The standard InChI is InChI=1S/C28H23FN8OS/c1-14-6-7-21(39-14)18-11-31-12-20-25(18)35-27(34-20)26-22-19(36-37-26)13-32-24(23(22)29)16-8-17(10-30-9-16)33-28(38)15-4-2-3-5-15/h6-13,15H,2-5H2,1H3,(H,33,38)(H,34,35)(H,36,37). The van der Waals surface area contributed by atoms with Crippen molar-refractivity contribution < 1.29 is 9.18 Å². The topological polar surface area (TPSA) is 125 Å². The van der Waals surface area contributed by atoms with Crippen LogP contribution >= 0.6 is 11.3 Å². The number of nitrogens with one attached hydrogen (secondary N) is 3. The second-order valence-corrected chi connectivity index (χ2v) is 11.1. The first-order valence-electron chi connectivity index (χ1n) is 12.7. The highest BCUT2D eigenvalue weighted by Crippen LogP contribution is 2.36. The van der Waals surface area contributed by atoms with Crippen LogP contribution in [0.15, 0.2) is 49.2 Å². The molecule has 0 bridgehead atoms. The zero-order valence-electron chi connectivity index (χ0n) is 21.0. The molecule has 1 aliphatic carbocycles. The van der Waals surface area contributed by atoms with E-state index in [2.05, 4.69) is 48.4 Å². The number of hydrogen-bond donors (Lipinski definition) is 3. The van der Waals surface area contributed by atoms with Gasteiger partial charge < -0.3 is 10.3 Å². The van der Waals surface area contributed by atoms with Gasteiger partial charge in [-0.1, -0.05) is 12.8 Å². The molecule has 1 saturated carbocycles. The van der Waals surface area contributed by atoms with Crippen LogP contribution in [0.5, 0.6) is 0 Å². The number of rotatable bonds is 5. The van der Waals surface area contributed by atoms with Crippen LogP contribution in [0.1, 0.15) is 30.6 Å². The summed E-state index contributed by atoms with van der Waals surface area (Å²) in [4.78, 5) is 35.8. The molecule has 0 saturated heterocycles. The summed E-state index contributed by atoms with van der Waals surface area (Å²) in [7, 11) is 0. The van der Waals surface area contributed by atoms with E-state index in [0.29, 0.717) is 28.3 Å². The van der Waals surface area contributed by atoms with Gasteiger partial charge in [-0.3, -0.25) is 24.8 Å². The molecule has 0 atom stereocenters. The minimum atomic E-state index is -0.551. The maximum Gasteiger partial charge on any atom is 0.227 e. The van der Waals surface area contributed by atoms with Gasteiger partial charge in [0.1, 0.15) is 16.9 Å². The molecule has 11 heteroatoms. The first-order chi connectivity index (χ1) is 19.0. The fourth-order valence-electron chi connectivity index (χ4n) is 5.22. The molecule has 7 rings (SSSR count). The molecule has 6 aromatic heterocycles. The number of carbonyl (C=O) groups excluding carboxylic acids is 1. The quantitative estimate of drug-likeness (QED) is 0.238. The van der Waals surface area contributed by atoms with Crippen molar-refractivity contribution in [2.75, 3.05) is 5.32 Å². The lowest BCUT2D eigenvalue weighted by Gasteiger charge is -2.11. The Balaban J connectivity index is 1.28. The smallest absolute Gasteiger partial charge is 0.227 e. The summed E-state index contributed by atoms with van der Waals surface area (Å²) in [5.74, 6) is -0.142. The minimum absolute atomic E-state index is 0.0109. The lowest BCUT2D eigenvalue weighted by atomic mass is 10.1. The fourth-order valence-corrected chi connectivity index (χ4v) is 6.10. The summed E-state index contributed by atoms with van der Waals surface area (Å²) in [5, 5.41) is 10.4. The van der Waals surface area contributed by atoms with Crippen molar-refractivity contribution in [3.63, 3.8) is 0 Å². The molecule has 39 heavy (non-hydrogen) atoms. The Labute approximate surface area is 226 Å². The van der Waals surface area contributed by atoms with Gasteiger partial charge in [0.25, 0.3) is 0 Å². The Morgan fingerprint density at radius 1 is 1.05 bits per heavy atom. The van der Waals surface area contributed by atoms with Crippen molar-refractivity contribution in [2.24, 2.45) is 5.92 Å². The number of amides is 1. The molecule has 1 aliphatic rings. The van der Waals surface area contributed by atoms with E-state index in [-0.39, 0.29) is 22.9 Å². The van der Waals surface area contributed by atoms with E-state index in [0.717, 1.165) is 47.2 Å². The third-order valence-corrected chi connectivity index (χ3v) is 8.21. The summed E-state index contributed by atoms with van der Waals surface area (Å²) in [5.41, 5.74) is 4.23. The number of anilines is 1. The predicted molar refractivity (Wildman–Crippen MR) is 149 cm³/mol. The number of pyridine rings is 3. The normalized spacial score (nSPS) is 14.0. The van der Waals surface area contributed by atoms with Gasteiger partial charge in [-0.05, 0) is 38.0 Å². The number of fused-ring (bicyclic) bond motifs is 2. The number of imidazole rings is 1. The second-order valence-electron chi connectivity index (χ2n) is 9.79. The molecule has 9 nitrogen and oxygen atoms in total. The third-order valence-electron chi connectivity index (χ3n) is 7.17. The average molecular weight is 539 g/mol. The summed E-state index contributed by atoms with van der Waals surface area (Å²) in [6.07, 6.45) is 12.0. The minimum Gasteiger partial charge on any atom is -0.335 e. The van der Waals surface area contributed by atoms with Crippen molar-refractivity contribution in [1.29, 1.82) is 0 Å². The Kier molecular flexibility index (Phi) is 5.66. The van der Waals surface area contributed by atoms with E-state index < -0.39 is 5.82 Å². The number of hydrogen-bond acceptors (Lipinski definition) is 7. The summed E-state index contributed by atoms with van der Waals surface area (Å²) in [6.45, 7) is 2.05. The van der Waals surface area contributed by atoms with E-state index in [1.807, 2.05) is 6.07 Å². The second kappa shape index (κ2) is 9.35. The zero-order chi connectivity index (χ0) is 26.5. The number of halogens is 1. The molecule has 0 unspecified atom stereocenters. The van der Waals surface area contributed by atoms with Crippen molar-refractivity contribution in [1.82, 2.24) is 35.1 Å². The van der Waals surface area contributed by atoms with Gasteiger partial charge in [-0.25, -0.2) is 9.37 Å². The average Bonchev–Trinajstić information content (AvgIpc) is 3.75. The zero-order valence-corrected chi connectivity index (χ0v) is 21.8. The molecule has 0 radical (unpaired) electrons. The van der Waals surface area contributed by atoms with E-state index >= 15 is 4.39 Å². The maximum absolute atomic E-state index is 16.1. The predicted octanol–water partition coefficient (Wildman–Crippen LogP) is 6.26. The van der Waals surface area contributed by atoms with Crippen LogP contribution < -0.4 is 5.32 Å². The lowest BCUT2D eigenvalue weighted by molar-refractivity contribution is -0.119. The van der Waals surface area contributed by atoms with Crippen LogP contribution in [0, 0.1) is 18.7 Å².